The van der Waals surface area contributed by atoms with Crippen molar-refractivity contribution in [3.63, 3.8) is 0 Å². The van der Waals surface area contributed by atoms with Crippen LogP contribution in [0, 0.1) is 17.3 Å². The van der Waals surface area contributed by atoms with Gasteiger partial charge in [-0.1, -0.05) is 60.7 Å². The Labute approximate surface area is 206 Å². The van der Waals surface area contributed by atoms with Gasteiger partial charge in [-0.3, -0.25) is 19.4 Å². The van der Waals surface area contributed by atoms with Gasteiger partial charge in [-0.25, -0.2) is 0 Å². The van der Waals surface area contributed by atoms with Crippen LogP contribution in [0.5, 0.6) is 0 Å². The summed E-state index contributed by atoms with van der Waals surface area (Å²) >= 11 is 0. The van der Waals surface area contributed by atoms with Gasteiger partial charge in [0.1, 0.15) is 0 Å². The van der Waals surface area contributed by atoms with E-state index in [-0.39, 0.29) is 50.3 Å². The summed E-state index contributed by atoms with van der Waals surface area (Å²) in [7, 11) is 1.33. The zero-order valence-corrected chi connectivity index (χ0v) is 20.6. The van der Waals surface area contributed by atoms with Gasteiger partial charge in [0.05, 0.1) is 26.0 Å². The lowest BCUT2D eigenvalue weighted by Gasteiger charge is -2.24. The SMILES string of the molecule is CCOC(=O)C1(C(=O)OCC)CC(CN=C(c2ccccc2)c2ccccc2)C(CC(=O)OC)C1. The Bertz CT molecular complexity index is 974. The Kier molecular flexibility index (Phi) is 9.18. The fourth-order valence-electron chi connectivity index (χ4n) is 4.77. The Morgan fingerprint density at radius 1 is 0.829 bits per heavy atom. The number of methoxy groups -OCH3 is 1. The number of benzene rings is 2. The molecule has 2 atom stereocenters. The van der Waals surface area contributed by atoms with Crippen LogP contribution in [0.1, 0.15) is 44.2 Å². The smallest absolute Gasteiger partial charge is 0.323 e. The first kappa shape index (κ1) is 26.1. The molecule has 7 nitrogen and oxygen atoms in total. The van der Waals surface area contributed by atoms with E-state index in [1.54, 1.807) is 13.8 Å². The van der Waals surface area contributed by atoms with Gasteiger partial charge in [-0.05, 0) is 38.5 Å². The van der Waals surface area contributed by atoms with Crippen molar-refractivity contribution in [2.24, 2.45) is 22.2 Å². The van der Waals surface area contributed by atoms with E-state index < -0.39 is 17.4 Å². The van der Waals surface area contributed by atoms with Gasteiger partial charge in [0.2, 0.25) is 0 Å². The van der Waals surface area contributed by atoms with Gasteiger partial charge in [0.25, 0.3) is 0 Å². The molecule has 2 aromatic rings. The van der Waals surface area contributed by atoms with E-state index in [1.807, 2.05) is 60.7 Å². The molecule has 1 aliphatic rings. The molecule has 7 heteroatoms. The zero-order chi connectivity index (χ0) is 25.3. The van der Waals surface area contributed by atoms with Crippen molar-refractivity contribution in [3.05, 3.63) is 71.8 Å². The van der Waals surface area contributed by atoms with Crippen LogP contribution in [0.3, 0.4) is 0 Å². The molecule has 2 aromatic carbocycles. The van der Waals surface area contributed by atoms with Gasteiger partial charge >= 0.3 is 17.9 Å². The molecule has 0 aromatic heterocycles. The number of ether oxygens (including phenoxy) is 3. The lowest BCUT2D eigenvalue weighted by atomic mass is 9.84. The van der Waals surface area contributed by atoms with E-state index in [0.29, 0.717) is 6.54 Å². The summed E-state index contributed by atoms with van der Waals surface area (Å²) in [6.07, 6.45) is 0.446. The predicted molar refractivity (Wildman–Crippen MR) is 132 cm³/mol. The summed E-state index contributed by atoms with van der Waals surface area (Å²) in [6.45, 7) is 4.03. The fourth-order valence-corrected chi connectivity index (χ4v) is 4.77. The van der Waals surface area contributed by atoms with Crippen molar-refractivity contribution in [3.8, 4) is 0 Å². The van der Waals surface area contributed by atoms with E-state index in [9.17, 15) is 14.4 Å². The second-order valence-electron chi connectivity index (χ2n) is 8.65. The number of rotatable bonds is 10. The Morgan fingerprint density at radius 3 is 1.77 bits per heavy atom. The normalized spacial score (nSPS) is 18.4. The highest BCUT2D eigenvalue weighted by molar-refractivity contribution is 6.12. The molecule has 35 heavy (non-hydrogen) atoms. The largest absolute Gasteiger partial charge is 0.469 e. The third-order valence-corrected chi connectivity index (χ3v) is 6.46. The molecule has 1 fully saturated rings. The minimum absolute atomic E-state index is 0.0866. The van der Waals surface area contributed by atoms with Gasteiger partial charge in [0.15, 0.2) is 5.41 Å². The van der Waals surface area contributed by atoms with E-state index in [2.05, 4.69) is 0 Å². The molecule has 0 spiro atoms. The quantitative estimate of drug-likeness (QED) is 0.219. The predicted octanol–water partition coefficient (Wildman–Crippen LogP) is 4.23. The van der Waals surface area contributed by atoms with E-state index in [0.717, 1.165) is 16.8 Å². The maximum Gasteiger partial charge on any atom is 0.323 e. The molecule has 0 N–H and O–H groups in total. The van der Waals surface area contributed by atoms with E-state index >= 15 is 0 Å². The van der Waals surface area contributed by atoms with Crippen LogP contribution in [0.25, 0.3) is 0 Å². The number of aliphatic imine (C=N–C) groups is 1. The Balaban J connectivity index is 1.98. The molecule has 0 radical (unpaired) electrons. The molecule has 3 rings (SSSR count). The number of nitrogens with zero attached hydrogens (tertiary/aromatic N) is 1. The topological polar surface area (TPSA) is 91.3 Å². The second kappa shape index (κ2) is 12.3. The maximum atomic E-state index is 13.0. The molecule has 0 aliphatic heterocycles. The summed E-state index contributed by atoms with van der Waals surface area (Å²) in [5.74, 6) is -2.10. The van der Waals surface area contributed by atoms with Crippen LogP contribution in [-0.2, 0) is 28.6 Å². The first-order valence-corrected chi connectivity index (χ1v) is 12.0. The van der Waals surface area contributed by atoms with Crippen LogP contribution in [-0.4, -0.2) is 50.5 Å². The average Bonchev–Trinajstić information content (AvgIpc) is 3.25. The Hall–Kier alpha value is -3.48. The van der Waals surface area contributed by atoms with Crippen molar-refractivity contribution in [1.82, 2.24) is 0 Å². The summed E-state index contributed by atoms with van der Waals surface area (Å²) in [5, 5.41) is 0. The lowest BCUT2D eigenvalue weighted by molar-refractivity contribution is -0.172. The van der Waals surface area contributed by atoms with E-state index in [1.165, 1.54) is 7.11 Å². The molecule has 0 heterocycles. The average molecular weight is 480 g/mol. The standard InChI is InChI=1S/C28H33NO6/c1-4-34-26(31)28(27(32)35-5-2)17-22(16-24(30)33-3)23(18-28)19-29-25(20-12-8-6-9-13-20)21-14-10-7-11-15-21/h6-15,22-23H,4-5,16-19H2,1-3H3. The second-order valence-corrected chi connectivity index (χ2v) is 8.65. The van der Waals surface area contributed by atoms with Crippen molar-refractivity contribution in [2.45, 2.75) is 33.1 Å². The third kappa shape index (κ3) is 6.15. The lowest BCUT2D eigenvalue weighted by Crippen LogP contribution is -2.40. The Morgan fingerprint density at radius 2 is 1.31 bits per heavy atom. The van der Waals surface area contributed by atoms with Crippen LogP contribution in [0.2, 0.25) is 0 Å². The van der Waals surface area contributed by atoms with Crippen molar-refractivity contribution < 1.29 is 28.6 Å². The summed E-state index contributed by atoms with van der Waals surface area (Å²) in [4.78, 5) is 43.2. The first-order chi connectivity index (χ1) is 16.9. The molecule has 1 saturated carbocycles. The van der Waals surface area contributed by atoms with E-state index in [4.69, 9.17) is 19.2 Å². The van der Waals surface area contributed by atoms with Crippen LogP contribution >= 0.6 is 0 Å². The first-order valence-electron chi connectivity index (χ1n) is 12.0. The molecule has 2 unspecified atom stereocenters. The highest BCUT2D eigenvalue weighted by Crippen LogP contribution is 2.49. The van der Waals surface area contributed by atoms with Gasteiger partial charge in [0, 0.05) is 24.1 Å². The van der Waals surface area contributed by atoms with Crippen LogP contribution in [0.15, 0.2) is 65.7 Å². The van der Waals surface area contributed by atoms with Gasteiger partial charge in [-0.15, -0.1) is 0 Å². The van der Waals surface area contributed by atoms with Gasteiger partial charge in [-0.2, -0.15) is 0 Å². The minimum Gasteiger partial charge on any atom is -0.469 e. The molecular weight excluding hydrogens is 446 g/mol. The number of carbonyl (C=O) groups is 3. The van der Waals surface area contributed by atoms with Crippen molar-refractivity contribution >= 4 is 23.6 Å². The zero-order valence-electron chi connectivity index (χ0n) is 20.6. The molecular formula is C28H33NO6. The minimum atomic E-state index is -1.45. The molecule has 0 bridgehead atoms. The monoisotopic (exact) mass is 479 g/mol. The number of esters is 3. The fraction of sp³-hybridized carbons (Fsp3) is 0.429. The van der Waals surface area contributed by atoms with Crippen LogP contribution < -0.4 is 0 Å². The molecule has 1 aliphatic carbocycles. The highest BCUT2D eigenvalue weighted by Gasteiger charge is 2.57. The number of hydrogen-bond donors (Lipinski definition) is 0. The number of hydrogen-bond acceptors (Lipinski definition) is 7. The molecule has 0 amide bonds. The molecule has 186 valence electrons. The number of carbonyl (C=O) groups excluding carboxylic acids is 3. The summed E-state index contributed by atoms with van der Waals surface area (Å²) < 4.78 is 15.5. The highest BCUT2D eigenvalue weighted by atomic mass is 16.6. The van der Waals surface area contributed by atoms with Crippen LogP contribution in [0.4, 0.5) is 0 Å². The van der Waals surface area contributed by atoms with Crippen molar-refractivity contribution in [1.29, 1.82) is 0 Å². The molecule has 0 saturated heterocycles. The third-order valence-electron chi connectivity index (χ3n) is 6.46. The van der Waals surface area contributed by atoms with Gasteiger partial charge < -0.3 is 14.2 Å². The summed E-state index contributed by atoms with van der Waals surface area (Å²) in [6, 6.07) is 19.7. The summed E-state index contributed by atoms with van der Waals surface area (Å²) in [5.41, 5.74) is 1.28. The maximum absolute atomic E-state index is 13.0. The van der Waals surface area contributed by atoms with Crippen molar-refractivity contribution in [2.75, 3.05) is 26.9 Å².